The Morgan fingerprint density at radius 2 is 1.78 bits per heavy atom. The minimum Gasteiger partial charge on any atom is -0.236 e. The van der Waals surface area contributed by atoms with Crippen LogP contribution >= 0.6 is 23.2 Å². The van der Waals surface area contributed by atoms with Gasteiger partial charge in [-0.1, -0.05) is 23.2 Å². The Morgan fingerprint density at radius 3 is 2.30 bits per heavy atom. The predicted molar refractivity (Wildman–Crippen MR) is 93.2 cm³/mol. The summed E-state index contributed by atoms with van der Waals surface area (Å²) in [7, 11) is -4.00. The fraction of sp³-hybridized carbons (Fsp3) is 0.0667. The molecule has 0 radical (unpaired) electrons. The second-order valence-corrected chi connectivity index (χ2v) is 7.75. The lowest BCUT2D eigenvalue weighted by atomic mass is 10.1. The summed E-state index contributed by atoms with van der Waals surface area (Å²) in [6, 6.07) is 7.38. The number of sulfonamides is 1. The third-order valence-corrected chi connectivity index (χ3v) is 4.92. The molecule has 27 heavy (non-hydrogen) atoms. The van der Waals surface area contributed by atoms with Gasteiger partial charge >= 0.3 is 6.18 Å². The zero-order valence-corrected chi connectivity index (χ0v) is 15.4. The average Bonchev–Trinajstić information content (AvgIpc) is 2.99. The van der Waals surface area contributed by atoms with E-state index in [9.17, 15) is 21.6 Å². The van der Waals surface area contributed by atoms with E-state index < -0.39 is 21.9 Å². The molecule has 0 spiro atoms. The molecule has 0 aliphatic rings. The Morgan fingerprint density at radius 1 is 1.07 bits per heavy atom. The summed E-state index contributed by atoms with van der Waals surface area (Å²) >= 11 is 11.9. The van der Waals surface area contributed by atoms with Gasteiger partial charge in [-0.2, -0.15) is 18.3 Å². The molecule has 2 N–H and O–H groups in total. The number of alkyl halides is 3. The van der Waals surface area contributed by atoms with Crippen LogP contribution < -0.4 is 5.14 Å². The Bertz CT molecular complexity index is 1110. The minimum atomic E-state index is -4.71. The Hall–Kier alpha value is -2.14. The van der Waals surface area contributed by atoms with Gasteiger partial charge in [-0.3, -0.25) is 0 Å². The molecule has 0 aliphatic heterocycles. The van der Waals surface area contributed by atoms with E-state index in [1.807, 2.05) is 0 Å². The maximum Gasteiger partial charge on any atom is 0.435 e. The first kappa shape index (κ1) is 19.6. The molecule has 0 saturated heterocycles. The smallest absolute Gasteiger partial charge is 0.236 e. The second-order valence-electron chi connectivity index (χ2n) is 5.35. The summed E-state index contributed by atoms with van der Waals surface area (Å²) in [6.07, 6.45) is -3.79. The molecule has 6 nitrogen and oxygen atoms in total. The topological polar surface area (TPSA) is 90.9 Å². The Labute approximate surface area is 161 Å². The van der Waals surface area contributed by atoms with E-state index in [2.05, 4.69) is 10.1 Å². The number of nitrogens with zero attached hydrogens (tertiary/aromatic N) is 3. The van der Waals surface area contributed by atoms with E-state index in [1.54, 1.807) is 0 Å². The second kappa shape index (κ2) is 6.79. The van der Waals surface area contributed by atoms with Crippen LogP contribution in [0.5, 0.6) is 0 Å². The lowest BCUT2D eigenvalue weighted by Crippen LogP contribution is -2.13. The lowest BCUT2D eigenvalue weighted by molar-refractivity contribution is -0.141. The van der Waals surface area contributed by atoms with Gasteiger partial charge in [0.15, 0.2) is 11.5 Å². The first-order valence-corrected chi connectivity index (χ1v) is 9.39. The fourth-order valence-electron chi connectivity index (χ4n) is 2.25. The van der Waals surface area contributed by atoms with Crippen LogP contribution in [0.3, 0.4) is 0 Å². The van der Waals surface area contributed by atoms with E-state index in [0.717, 1.165) is 23.0 Å². The lowest BCUT2D eigenvalue weighted by Gasteiger charge is -2.09. The largest absolute Gasteiger partial charge is 0.435 e. The predicted octanol–water partition coefficient (Wildman–Crippen LogP) is 3.91. The van der Waals surface area contributed by atoms with Crippen LogP contribution in [0.4, 0.5) is 13.2 Å². The zero-order chi connectivity index (χ0) is 20.0. The average molecular weight is 437 g/mol. The number of primary sulfonamides is 1. The standard InChI is InChI=1S/C15H9Cl2F3N4O2S/c16-8-1-3-10(11(17)5-8)12-6-13(15(18,19)20)23-24(12)14-4-2-9(7-22-14)27(21,25)26/h1-7H,(H2,21,25,26). The molecule has 12 heteroatoms. The highest BCUT2D eigenvalue weighted by molar-refractivity contribution is 7.89. The van der Waals surface area contributed by atoms with Gasteiger partial charge in [0.05, 0.1) is 10.7 Å². The van der Waals surface area contributed by atoms with Crippen molar-refractivity contribution in [3.8, 4) is 17.1 Å². The van der Waals surface area contributed by atoms with Crippen molar-refractivity contribution in [2.45, 2.75) is 11.1 Å². The quantitative estimate of drug-likeness (QED) is 0.673. The van der Waals surface area contributed by atoms with Crippen LogP contribution in [-0.4, -0.2) is 23.2 Å². The highest BCUT2D eigenvalue weighted by Crippen LogP contribution is 2.36. The van der Waals surface area contributed by atoms with Crippen molar-refractivity contribution in [2.75, 3.05) is 0 Å². The van der Waals surface area contributed by atoms with Gasteiger partial charge in [-0.25, -0.2) is 23.2 Å². The SMILES string of the molecule is NS(=O)(=O)c1ccc(-n2nc(C(F)(F)F)cc2-c2ccc(Cl)cc2Cl)nc1. The van der Waals surface area contributed by atoms with Gasteiger partial charge in [0.2, 0.25) is 10.0 Å². The number of hydrogen-bond donors (Lipinski definition) is 1. The van der Waals surface area contributed by atoms with Gasteiger partial charge in [0.25, 0.3) is 0 Å². The van der Waals surface area contributed by atoms with Crippen LogP contribution in [0.15, 0.2) is 47.5 Å². The van der Waals surface area contributed by atoms with Gasteiger partial charge in [-0.05, 0) is 36.4 Å². The van der Waals surface area contributed by atoms with Gasteiger partial charge in [0, 0.05) is 16.8 Å². The van der Waals surface area contributed by atoms with Crippen LogP contribution in [0.25, 0.3) is 17.1 Å². The molecule has 1 aromatic carbocycles. The normalized spacial score (nSPS) is 12.4. The molecular weight excluding hydrogens is 428 g/mol. The number of pyridine rings is 1. The highest BCUT2D eigenvalue weighted by atomic mass is 35.5. The molecule has 2 heterocycles. The van der Waals surface area contributed by atoms with Crippen LogP contribution in [-0.2, 0) is 16.2 Å². The molecule has 3 rings (SSSR count). The summed E-state index contributed by atoms with van der Waals surface area (Å²) in [4.78, 5) is 3.56. The number of benzene rings is 1. The van der Waals surface area contributed by atoms with Crippen LogP contribution in [0.1, 0.15) is 5.69 Å². The number of aromatic nitrogens is 3. The number of rotatable bonds is 3. The molecule has 3 aromatic rings. The minimum absolute atomic E-state index is 0.000141. The van der Waals surface area contributed by atoms with E-state index in [1.165, 1.54) is 24.3 Å². The number of nitrogens with two attached hydrogens (primary N) is 1. The molecule has 0 bridgehead atoms. The maximum absolute atomic E-state index is 13.2. The molecule has 0 atom stereocenters. The van der Waals surface area contributed by atoms with Crippen molar-refractivity contribution >= 4 is 33.2 Å². The highest BCUT2D eigenvalue weighted by Gasteiger charge is 2.35. The molecule has 142 valence electrons. The summed E-state index contributed by atoms with van der Waals surface area (Å²) in [5.41, 5.74) is -0.929. The molecule has 0 amide bonds. The number of hydrogen-bond acceptors (Lipinski definition) is 4. The fourth-order valence-corrected chi connectivity index (χ4v) is 3.21. The van der Waals surface area contributed by atoms with Crippen molar-refractivity contribution in [2.24, 2.45) is 5.14 Å². The monoisotopic (exact) mass is 436 g/mol. The van der Waals surface area contributed by atoms with E-state index in [4.69, 9.17) is 28.3 Å². The molecular formula is C15H9Cl2F3N4O2S. The van der Waals surface area contributed by atoms with Gasteiger partial charge in [-0.15, -0.1) is 0 Å². The Balaban J connectivity index is 2.21. The summed E-state index contributed by atoms with van der Waals surface area (Å²) in [6.45, 7) is 0. The van der Waals surface area contributed by atoms with Crippen molar-refractivity contribution < 1.29 is 21.6 Å². The molecule has 0 fully saturated rings. The maximum atomic E-state index is 13.2. The van der Waals surface area contributed by atoms with Crippen molar-refractivity contribution in [3.63, 3.8) is 0 Å². The van der Waals surface area contributed by atoms with Crippen molar-refractivity contribution in [1.29, 1.82) is 0 Å². The third-order valence-electron chi connectivity index (χ3n) is 3.47. The zero-order valence-electron chi connectivity index (χ0n) is 13.1. The van der Waals surface area contributed by atoms with E-state index in [0.29, 0.717) is 5.02 Å². The number of halogens is 5. The summed E-state index contributed by atoms with van der Waals surface area (Å²) in [5, 5.41) is 8.95. The van der Waals surface area contributed by atoms with Gasteiger partial charge < -0.3 is 0 Å². The van der Waals surface area contributed by atoms with Gasteiger partial charge in [0.1, 0.15) is 4.90 Å². The first-order chi connectivity index (χ1) is 12.5. The Kier molecular flexibility index (Phi) is 4.93. The summed E-state index contributed by atoms with van der Waals surface area (Å²) < 4.78 is 63.0. The molecule has 0 aliphatic carbocycles. The van der Waals surface area contributed by atoms with E-state index >= 15 is 0 Å². The molecule has 0 saturated carbocycles. The van der Waals surface area contributed by atoms with Crippen LogP contribution in [0, 0.1) is 0 Å². The summed E-state index contributed by atoms with van der Waals surface area (Å²) in [5.74, 6) is -0.0566. The first-order valence-electron chi connectivity index (χ1n) is 7.09. The van der Waals surface area contributed by atoms with Crippen molar-refractivity contribution in [1.82, 2.24) is 14.8 Å². The molecule has 2 aromatic heterocycles. The van der Waals surface area contributed by atoms with Crippen LogP contribution in [0.2, 0.25) is 10.0 Å². The third kappa shape index (κ3) is 4.08. The molecule has 0 unspecified atom stereocenters. The van der Waals surface area contributed by atoms with E-state index in [-0.39, 0.29) is 27.0 Å². The van der Waals surface area contributed by atoms with Crippen molar-refractivity contribution in [3.05, 3.63) is 58.3 Å².